The van der Waals surface area contributed by atoms with Crippen LogP contribution in [0.5, 0.6) is 0 Å². The first kappa shape index (κ1) is 26.3. The third-order valence-corrected chi connectivity index (χ3v) is 5.05. The molecule has 0 aromatic heterocycles. The molecule has 0 aliphatic heterocycles. The second kappa shape index (κ2) is 13.5. The number of hydrogen-bond donors (Lipinski definition) is 0. The molecule has 3 radical (unpaired) electrons. The van der Waals surface area contributed by atoms with Crippen LogP contribution in [0.1, 0.15) is 0 Å². The van der Waals surface area contributed by atoms with E-state index in [0.717, 1.165) is 9.52 Å². The molecule has 6 rings (SSSR count). The summed E-state index contributed by atoms with van der Waals surface area (Å²) in [7, 11) is 1.08. The summed E-state index contributed by atoms with van der Waals surface area (Å²) in [4.78, 5) is 0. The van der Waals surface area contributed by atoms with Crippen LogP contribution < -0.4 is 0 Å². The van der Waals surface area contributed by atoms with Gasteiger partial charge >= 0.3 is 26.2 Å². The van der Waals surface area contributed by atoms with Gasteiger partial charge in [-0.05, 0) is 0 Å². The van der Waals surface area contributed by atoms with Crippen molar-refractivity contribution in [3.63, 3.8) is 0 Å². The first-order valence-electron chi connectivity index (χ1n) is 10.2. The van der Waals surface area contributed by atoms with Crippen molar-refractivity contribution in [2.24, 2.45) is 0 Å². The van der Waals surface area contributed by atoms with Gasteiger partial charge in [0.05, 0.1) is 0 Å². The Morgan fingerprint density at radius 1 is 0.500 bits per heavy atom. The molecule has 3 heteroatoms. The largest absolute Gasteiger partial charge is 3.00 e. The van der Waals surface area contributed by atoms with Crippen molar-refractivity contribution in [2.45, 2.75) is 13.1 Å². The summed E-state index contributed by atoms with van der Waals surface area (Å²) < 4.78 is 0. The first-order valence-corrected chi connectivity index (χ1v) is 12.8. The molecular formula is C29H26ClSiZr. The van der Waals surface area contributed by atoms with Crippen LogP contribution in [0.25, 0.3) is 43.1 Å². The van der Waals surface area contributed by atoms with Crippen LogP contribution in [0.2, 0.25) is 13.1 Å². The minimum atomic E-state index is 0. The van der Waals surface area contributed by atoms with E-state index in [-0.39, 0.29) is 26.2 Å². The van der Waals surface area contributed by atoms with Gasteiger partial charge in [0, 0.05) is 9.52 Å². The Balaban J connectivity index is 0.000000185. The van der Waals surface area contributed by atoms with E-state index in [9.17, 15) is 0 Å². The van der Waals surface area contributed by atoms with Gasteiger partial charge in [0.15, 0.2) is 0 Å². The molecule has 6 aromatic carbocycles. The second-order valence-electron chi connectivity index (χ2n) is 7.14. The number of fused-ring (bicyclic) bond motifs is 6. The molecule has 0 heterocycles. The maximum Gasteiger partial charge on any atom is 3.00 e. The monoisotopic (exact) mass is 527 g/mol. The molecule has 0 atom stereocenters. The van der Waals surface area contributed by atoms with Crippen molar-refractivity contribution < 1.29 is 26.2 Å². The van der Waals surface area contributed by atoms with Crippen molar-refractivity contribution in [3.05, 3.63) is 116 Å². The molecule has 0 spiro atoms. The fourth-order valence-electron chi connectivity index (χ4n) is 3.81. The number of halogens is 1. The normalized spacial score (nSPS) is 9.75. The Hall–Kier alpha value is -1.99. The van der Waals surface area contributed by atoms with Gasteiger partial charge in [-0.3, -0.25) is 6.38 Å². The maximum atomic E-state index is 4.39. The van der Waals surface area contributed by atoms with Crippen LogP contribution in [0, 0.1) is 6.38 Å². The zero-order valence-electron chi connectivity index (χ0n) is 18.5. The molecule has 0 unspecified atom stereocenters. The zero-order chi connectivity index (χ0) is 22.1. The van der Waals surface area contributed by atoms with E-state index < -0.39 is 0 Å². The van der Waals surface area contributed by atoms with Crippen molar-refractivity contribution in [3.8, 4) is 0 Å². The predicted molar refractivity (Wildman–Crippen MR) is 143 cm³/mol. The van der Waals surface area contributed by atoms with E-state index in [0.29, 0.717) is 0 Å². The third-order valence-electron chi connectivity index (χ3n) is 5.05. The molecule has 0 bridgehead atoms. The molecule has 32 heavy (non-hydrogen) atoms. The SMILES string of the molecule is C[Si]C.[CH2-]Cl.[Zr+3].c1ccc2c(c1)[cH-]c1ccccc12.c1ccc2c(c1)[cH-]c1ccccc12. The van der Waals surface area contributed by atoms with Gasteiger partial charge < -0.3 is 11.6 Å². The standard InChI is InChI=1S/2C13H9.C2H6Si.CH2Cl.Zr/c2*1-3-7-12-10(5-1)9-11-6-2-4-8-13(11)12;1-3-2;1-2;/h2*1-9H;1-2H3;1H2;/q2*-1;;-1;+3. The first-order chi connectivity index (χ1) is 15.3. The molecule has 6 aromatic rings. The molecule has 0 aliphatic rings. The molecule has 0 aliphatic carbocycles. The summed E-state index contributed by atoms with van der Waals surface area (Å²) in [6, 6.07) is 38.5. The maximum absolute atomic E-state index is 4.39. The van der Waals surface area contributed by atoms with Crippen LogP contribution in [0.15, 0.2) is 109 Å². The van der Waals surface area contributed by atoms with E-state index in [1.807, 2.05) is 0 Å². The van der Waals surface area contributed by atoms with Crippen molar-refractivity contribution in [2.75, 3.05) is 0 Å². The van der Waals surface area contributed by atoms with Gasteiger partial charge in [0.2, 0.25) is 0 Å². The van der Waals surface area contributed by atoms with Gasteiger partial charge in [-0.15, -0.1) is 79.5 Å². The fraction of sp³-hybridized carbons (Fsp3) is 0.0690. The van der Waals surface area contributed by atoms with E-state index in [1.165, 1.54) is 43.1 Å². The molecule has 0 saturated heterocycles. The van der Waals surface area contributed by atoms with E-state index in [2.05, 4.69) is 140 Å². The third kappa shape index (κ3) is 6.07. The Morgan fingerprint density at radius 3 is 0.906 bits per heavy atom. The fourth-order valence-corrected chi connectivity index (χ4v) is 3.81. The molecule has 0 N–H and O–H groups in total. The van der Waals surface area contributed by atoms with Gasteiger partial charge in [-0.25, -0.2) is 0 Å². The molecule has 0 fully saturated rings. The van der Waals surface area contributed by atoms with Gasteiger partial charge in [0.1, 0.15) is 0 Å². The second-order valence-corrected chi connectivity index (χ2v) is 8.14. The molecule has 157 valence electrons. The van der Waals surface area contributed by atoms with Gasteiger partial charge in [-0.1, -0.05) is 85.9 Å². The summed E-state index contributed by atoms with van der Waals surface area (Å²) >= 11 is 4.39. The van der Waals surface area contributed by atoms with Crippen molar-refractivity contribution in [1.82, 2.24) is 0 Å². The van der Waals surface area contributed by atoms with Crippen LogP contribution in [0.4, 0.5) is 0 Å². The zero-order valence-corrected chi connectivity index (χ0v) is 22.7. The summed E-state index contributed by atoms with van der Waals surface area (Å²) in [5.74, 6) is 0. The van der Waals surface area contributed by atoms with Gasteiger partial charge in [-0.2, -0.15) is 0 Å². The molecular weight excluding hydrogens is 503 g/mol. The minimum Gasteiger partial charge on any atom is -0.352 e. The minimum absolute atomic E-state index is 0. The predicted octanol–water partition coefficient (Wildman–Crippen LogP) is 9.22. The number of benzene rings is 4. The Labute approximate surface area is 217 Å². The Morgan fingerprint density at radius 2 is 0.688 bits per heavy atom. The topological polar surface area (TPSA) is 0 Å². The molecule has 0 nitrogen and oxygen atoms in total. The Bertz CT molecular complexity index is 1160. The smallest absolute Gasteiger partial charge is 0.352 e. The molecule has 0 saturated carbocycles. The van der Waals surface area contributed by atoms with Crippen molar-refractivity contribution >= 4 is 64.2 Å². The van der Waals surface area contributed by atoms with Crippen LogP contribution in [-0.2, 0) is 26.2 Å². The summed E-state index contributed by atoms with van der Waals surface area (Å²) in [6.07, 6.45) is 2.72. The van der Waals surface area contributed by atoms with Crippen LogP contribution >= 0.6 is 11.6 Å². The summed E-state index contributed by atoms with van der Waals surface area (Å²) in [5.41, 5.74) is 0. The Kier molecular flexibility index (Phi) is 11.1. The quantitative estimate of drug-likeness (QED) is 0.136. The van der Waals surface area contributed by atoms with Gasteiger partial charge in [0.25, 0.3) is 0 Å². The average Bonchev–Trinajstić information content (AvgIpc) is 3.40. The van der Waals surface area contributed by atoms with E-state index in [4.69, 9.17) is 0 Å². The van der Waals surface area contributed by atoms with E-state index >= 15 is 0 Å². The summed E-state index contributed by atoms with van der Waals surface area (Å²) in [5, 5.41) is 10.8. The number of hydrogen-bond acceptors (Lipinski definition) is 0. The number of rotatable bonds is 0. The molecule has 0 amide bonds. The van der Waals surface area contributed by atoms with Crippen LogP contribution in [0.3, 0.4) is 0 Å². The average molecular weight is 529 g/mol. The van der Waals surface area contributed by atoms with Crippen molar-refractivity contribution in [1.29, 1.82) is 0 Å². The summed E-state index contributed by atoms with van der Waals surface area (Å²) in [6.45, 7) is 4.31. The van der Waals surface area contributed by atoms with E-state index in [1.54, 1.807) is 0 Å². The van der Waals surface area contributed by atoms with Crippen LogP contribution in [-0.4, -0.2) is 9.52 Å².